The number of methoxy groups -OCH3 is 2. The molecular formula is C29H48O3. The lowest BCUT2D eigenvalue weighted by Crippen LogP contribution is -2.60. The van der Waals surface area contributed by atoms with E-state index in [4.69, 9.17) is 15.9 Å². The second kappa shape index (κ2) is 9.24. The van der Waals surface area contributed by atoms with Gasteiger partial charge in [-0.1, -0.05) is 33.6 Å². The van der Waals surface area contributed by atoms with E-state index in [0.29, 0.717) is 34.5 Å². The van der Waals surface area contributed by atoms with Gasteiger partial charge in [-0.3, -0.25) is 0 Å². The van der Waals surface area contributed by atoms with Crippen LogP contribution in [0, 0.1) is 58.7 Å². The summed E-state index contributed by atoms with van der Waals surface area (Å²) in [5.41, 5.74) is 0.707. The molecule has 4 rings (SSSR count). The zero-order valence-electron chi connectivity index (χ0n) is 21.4. The van der Waals surface area contributed by atoms with Crippen molar-refractivity contribution < 1.29 is 14.6 Å². The number of unbranched alkanes of at least 4 members (excludes halogenated alkanes) is 2. The minimum Gasteiger partial charge on any atom is -0.393 e. The van der Waals surface area contributed by atoms with Crippen LogP contribution < -0.4 is 0 Å². The van der Waals surface area contributed by atoms with Crippen molar-refractivity contribution in [2.75, 3.05) is 14.2 Å². The van der Waals surface area contributed by atoms with Gasteiger partial charge in [-0.25, -0.2) is 0 Å². The number of hydrogen-bond donors (Lipinski definition) is 1. The molecule has 0 bridgehead atoms. The molecule has 182 valence electrons. The molecule has 3 heteroatoms. The van der Waals surface area contributed by atoms with Crippen LogP contribution in [0.15, 0.2) is 0 Å². The van der Waals surface area contributed by atoms with Gasteiger partial charge in [-0.05, 0) is 91.3 Å². The van der Waals surface area contributed by atoms with Gasteiger partial charge in [0.15, 0.2) is 5.79 Å². The first-order chi connectivity index (χ1) is 15.2. The van der Waals surface area contributed by atoms with Gasteiger partial charge in [0.05, 0.1) is 6.10 Å². The minimum atomic E-state index is -0.451. The van der Waals surface area contributed by atoms with Gasteiger partial charge in [0.1, 0.15) is 0 Å². The number of hydrogen-bond acceptors (Lipinski definition) is 3. The second-order valence-electron chi connectivity index (χ2n) is 12.5. The van der Waals surface area contributed by atoms with Crippen molar-refractivity contribution in [1.82, 2.24) is 0 Å². The standard InChI is InChI=1S/C29H48O3/c1-7-8-9-10-11-20(2)22-12-13-23-26-24(14-15-28(22,23)4)27(3)16-17-29(31-5,32-6)19-21(27)18-25(26)30/h1,20-26,30H,8-19H2,2-6H3/t20?,21-,22-,23+,24+,25-,26+,27+,28-/m1/s1. The van der Waals surface area contributed by atoms with E-state index >= 15 is 0 Å². The first-order valence-corrected chi connectivity index (χ1v) is 13.5. The predicted octanol–water partition coefficient (Wildman–Crippen LogP) is 6.43. The molecule has 0 aliphatic heterocycles. The van der Waals surface area contributed by atoms with Crippen LogP contribution >= 0.6 is 0 Å². The van der Waals surface area contributed by atoms with Crippen molar-refractivity contribution in [2.24, 2.45) is 46.3 Å². The van der Waals surface area contributed by atoms with Gasteiger partial charge in [0.2, 0.25) is 0 Å². The van der Waals surface area contributed by atoms with Gasteiger partial charge < -0.3 is 14.6 Å². The monoisotopic (exact) mass is 444 g/mol. The van der Waals surface area contributed by atoms with Crippen LogP contribution in [-0.4, -0.2) is 31.2 Å². The normalized spacial score (nSPS) is 45.9. The van der Waals surface area contributed by atoms with Crippen molar-refractivity contribution in [3.63, 3.8) is 0 Å². The molecule has 3 nitrogen and oxygen atoms in total. The molecule has 0 aromatic rings. The number of rotatable bonds is 7. The topological polar surface area (TPSA) is 38.7 Å². The first-order valence-electron chi connectivity index (χ1n) is 13.5. The Kier molecular flexibility index (Phi) is 7.09. The van der Waals surface area contributed by atoms with E-state index in [1.165, 1.54) is 44.9 Å². The Balaban J connectivity index is 1.50. The minimum absolute atomic E-state index is 0.170. The SMILES string of the molecule is C#CCCCCC(C)[C@H]1CC[C@H]2[C@@H]3[C@H](O)C[C@@H]4CC(OC)(OC)CC[C@]4(C)[C@H]3CC[C@]12C. The van der Waals surface area contributed by atoms with Crippen molar-refractivity contribution in [3.8, 4) is 12.3 Å². The molecule has 4 fully saturated rings. The highest BCUT2D eigenvalue weighted by atomic mass is 16.7. The fourth-order valence-electron chi connectivity index (χ4n) is 9.49. The largest absolute Gasteiger partial charge is 0.393 e. The fourth-order valence-corrected chi connectivity index (χ4v) is 9.49. The maximum atomic E-state index is 11.6. The number of fused-ring (bicyclic) bond motifs is 5. The van der Waals surface area contributed by atoms with Crippen molar-refractivity contribution >= 4 is 0 Å². The number of ether oxygens (including phenoxy) is 2. The van der Waals surface area contributed by atoms with Crippen molar-refractivity contribution in [3.05, 3.63) is 0 Å². The molecule has 32 heavy (non-hydrogen) atoms. The predicted molar refractivity (Wildman–Crippen MR) is 130 cm³/mol. The average Bonchev–Trinajstić information content (AvgIpc) is 3.14. The molecular weight excluding hydrogens is 396 g/mol. The molecule has 4 aliphatic carbocycles. The molecule has 4 aliphatic rings. The highest BCUT2D eigenvalue weighted by molar-refractivity contribution is 5.12. The summed E-state index contributed by atoms with van der Waals surface area (Å²) in [5.74, 6) is 6.21. The molecule has 4 saturated carbocycles. The molecule has 0 amide bonds. The lowest BCUT2D eigenvalue weighted by atomic mass is 9.43. The van der Waals surface area contributed by atoms with Crippen LogP contribution in [-0.2, 0) is 9.47 Å². The quantitative estimate of drug-likeness (QED) is 0.279. The Morgan fingerprint density at radius 3 is 2.41 bits per heavy atom. The zero-order valence-corrected chi connectivity index (χ0v) is 21.4. The Labute approximate surface area is 197 Å². The average molecular weight is 445 g/mol. The summed E-state index contributed by atoms with van der Waals surface area (Å²) < 4.78 is 11.7. The summed E-state index contributed by atoms with van der Waals surface area (Å²) in [6.45, 7) is 7.62. The Morgan fingerprint density at radius 2 is 1.72 bits per heavy atom. The summed E-state index contributed by atoms with van der Waals surface area (Å²) in [7, 11) is 3.57. The molecule has 0 spiro atoms. The molecule has 0 aromatic heterocycles. The van der Waals surface area contributed by atoms with E-state index in [-0.39, 0.29) is 6.10 Å². The molecule has 9 atom stereocenters. The van der Waals surface area contributed by atoms with Crippen LogP contribution in [0.1, 0.15) is 97.8 Å². The number of aliphatic hydroxyl groups excluding tert-OH is 1. The zero-order chi connectivity index (χ0) is 23.1. The summed E-state index contributed by atoms with van der Waals surface area (Å²) in [5, 5.41) is 11.6. The molecule has 0 heterocycles. The smallest absolute Gasteiger partial charge is 0.167 e. The maximum Gasteiger partial charge on any atom is 0.167 e. The third kappa shape index (κ3) is 3.87. The van der Waals surface area contributed by atoms with Crippen molar-refractivity contribution in [2.45, 2.75) is 110 Å². The lowest BCUT2D eigenvalue weighted by Gasteiger charge is -2.63. The fraction of sp³-hybridized carbons (Fsp3) is 0.931. The van der Waals surface area contributed by atoms with Crippen LogP contribution in [0.5, 0.6) is 0 Å². The van der Waals surface area contributed by atoms with Gasteiger partial charge in [-0.15, -0.1) is 12.3 Å². The molecule has 0 saturated heterocycles. The van der Waals surface area contributed by atoms with Gasteiger partial charge in [0.25, 0.3) is 0 Å². The van der Waals surface area contributed by atoms with E-state index in [9.17, 15) is 5.11 Å². The molecule has 0 aromatic carbocycles. The summed E-state index contributed by atoms with van der Waals surface area (Å²) in [6, 6.07) is 0. The van der Waals surface area contributed by atoms with Crippen LogP contribution in [0.2, 0.25) is 0 Å². The third-order valence-electron chi connectivity index (χ3n) is 11.4. The van der Waals surface area contributed by atoms with E-state index in [1.54, 1.807) is 14.2 Å². The second-order valence-corrected chi connectivity index (χ2v) is 12.5. The van der Waals surface area contributed by atoms with Crippen LogP contribution in [0.25, 0.3) is 0 Å². The van der Waals surface area contributed by atoms with Crippen LogP contribution in [0.3, 0.4) is 0 Å². The Morgan fingerprint density at radius 1 is 1.00 bits per heavy atom. The summed E-state index contributed by atoms with van der Waals surface area (Å²) in [6.07, 6.45) is 19.2. The molecule has 1 N–H and O–H groups in total. The highest BCUT2D eigenvalue weighted by Crippen LogP contribution is 2.69. The number of aliphatic hydroxyl groups is 1. The van der Waals surface area contributed by atoms with Crippen LogP contribution in [0.4, 0.5) is 0 Å². The highest BCUT2D eigenvalue weighted by Gasteiger charge is 2.64. The first kappa shape index (κ1) is 24.6. The van der Waals surface area contributed by atoms with E-state index in [1.807, 2.05) is 0 Å². The third-order valence-corrected chi connectivity index (χ3v) is 11.4. The summed E-state index contributed by atoms with van der Waals surface area (Å²) in [4.78, 5) is 0. The van der Waals surface area contributed by atoms with E-state index in [0.717, 1.165) is 43.9 Å². The molecule has 0 radical (unpaired) electrons. The Hall–Kier alpha value is -0.560. The maximum absolute atomic E-state index is 11.6. The summed E-state index contributed by atoms with van der Waals surface area (Å²) >= 11 is 0. The van der Waals surface area contributed by atoms with Gasteiger partial charge in [-0.2, -0.15) is 0 Å². The number of terminal acetylenes is 1. The Bertz CT molecular complexity index is 693. The lowest BCUT2D eigenvalue weighted by molar-refractivity contribution is -0.269. The van der Waals surface area contributed by atoms with Crippen molar-refractivity contribution in [1.29, 1.82) is 0 Å². The van der Waals surface area contributed by atoms with Gasteiger partial charge >= 0.3 is 0 Å². The van der Waals surface area contributed by atoms with Gasteiger partial charge in [0, 0.05) is 33.5 Å². The van der Waals surface area contributed by atoms with E-state index < -0.39 is 5.79 Å². The molecule has 1 unspecified atom stereocenters. The van der Waals surface area contributed by atoms with E-state index in [2.05, 4.69) is 26.7 Å².